The molecule has 0 bridgehead atoms. The first-order chi connectivity index (χ1) is 17.1. The molecule has 0 radical (unpaired) electrons. The largest absolute Gasteiger partial charge is 0.480 e. The maximum absolute atomic E-state index is 13.7. The van der Waals surface area contributed by atoms with Gasteiger partial charge in [-0.05, 0) is 29.5 Å². The molecule has 0 aromatic heterocycles. The summed E-state index contributed by atoms with van der Waals surface area (Å²) < 4.78 is 0. The summed E-state index contributed by atoms with van der Waals surface area (Å²) in [6.45, 7) is 7.29. The topological polar surface area (TPSA) is 128 Å². The van der Waals surface area contributed by atoms with Gasteiger partial charge in [-0.1, -0.05) is 76.6 Å². The van der Waals surface area contributed by atoms with Crippen molar-refractivity contribution in [2.45, 2.75) is 58.7 Å². The van der Waals surface area contributed by atoms with Crippen LogP contribution in [0.25, 0.3) is 0 Å². The van der Waals surface area contributed by atoms with Gasteiger partial charge in [0, 0.05) is 6.42 Å². The molecule has 2 aromatic rings. The van der Waals surface area contributed by atoms with Crippen LogP contribution in [-0.4, -0.2) is 47.0 Å². The van der Waals surface area contributed by atoms with Gasteiger partial charge in [0.25, 0.3) is 0 Å². The Balaban J connectivity index is 1.93. The van der Waals surface area contributed by atoms with Gasteiger partial charge in [0.2, 0.25) is 11.8 Å². The van der Waals surface area contributed by atoms with Crippen molar-refractivity contribution >= 4 is 35.2 Å². The Kier molecular flexibility index (Phi) is 8.68. The lowest BCUT2D eigenvalue weighted by atomic mass is 9.97. The number of carbonyl (C=O) groups excluding carboxylic acids is 3. The number of hydrogen-bond donors (Lipinski definition) is 4. The molecule has 1 heterocycles. The summed E-state index contributed by atoms with van der Waals surface area (Å²) in [6.07, 6.45) is 0.710. The monoisotopic (exact) mass is 494 g/mol. The first-order valence-corrected chi connectivity index (χ1v) is 12.2. The molecule has 36 heavy (non-hydrogen) atoms. The third-order valence-corrected chi connectivity index (χ3v) is 6.49. The molecule has 3 rings (SSSR count). The van der Waals surface area contributed by atoms with Crippen molar-refractivity contribution in [1.29, 1.82) is 0 Å². The normalized spacial score (nSPS) is 17.4. The van der Waals surface area contributed by atoms with Crippen LogP contribution < -0.4 is 20.9 Å². The Bertz CT molecular complexity index is 1100. The van der Waals surface area contributed by atoms with Crippen LogP contribution in [0.1, 0.15) is 39.7 Å². The zero-order valence-electron chi connectivity index (χ0n) is 21.0. The highest BCUT2D eigenvalue weighted by atomic mass is 16.4. The van der Waals surface area contributed by atoms with Gasteiger partial charge in [-0.15, -0.1) is 0 Å². The Hall–Kier alpha value is -3.88. The maximum atomic E-state index is 13.7. The lowest BCUT2D eigenvalue weighted by Gasteiger charge is -2.39. The third-order valence-electron chi connectivity index (χ3n) is 6.49. The smallest absolute Gasteiger partial charge is 0.326 e. The predicted octanol–water partition coefficient (Wildman–Crippen LogP) is 3.41. The highest BCUT2D eigenvalue weighted by Crippen LogP contribution is 2.34. The van der Waals surface area contributed by atoms with Crippen LogP contribution in [0.3, 0.4) is 0 Å². The van der Waals surface area contributed by atoms with E-state index in [9.17, 15) is 24.3 Å². The number of carboxylic acid groups (broad SMARTS) is 1. The van der Waals surface area contributed by atoms with Crippen molar-refractivity contribution in [2.24, 2.45) is 11.8 Å². The number of amides is 4. The van der Waals surface area contributed by atoms with E-state index in [2.05, 4.69) is 16.0 Å². The van der Waals surface area contributed by atoms with Gasteiger partial charge in [0.1, 0.15) is 18.1 Å². The SMILES string of the molecule is CC[C@H](C)[C@H](NC(=O)[C@@H](Cc1ccccc1)NC(=O)N1c2ccccc2NC(=O)[C@@H]1C(C)C)C(=O)O. The first kappa shape index (κ1) is 26.7. The number of carbonyl (C=O) groups is 4. The number of para-hydroxylation sites is 2. The van der Waals surface area contributed by atoms with Crippen LogP contribution >= 0.6 is 0 Å². The molecule has 9 heteroatoms. The van der Waals surface area contributed by atoms with Gasteiger partial charge >= 0.3 is 12.0 Å². The maximum Gasteiger partial charge on any atom is 0.326 e. The van der Waals surface area contributed by atoms with E-state index >= 15 is 0 Å². The van der Waals surface area contributed by atoms with Crippen LogP contribution in [0.2, 0.25) is 0 Å². The number of nitrogens with zero attached hydrogens (tertiary/aromatic N) is 1. The summed E-state index contributed by atoms with van der Waals surface area (Å²) in [5, 5.41) is 17.9. The molecule has 192 valence electrons. The summed E-state index contributed by atoms with van der Waals surface area (Å²) >= 11 is 0. The van der Waals surface area contributed by atoms with E-state index in [-0.39, 0.29) is 24.2 Å². The zero-order chi connectivity index (χ0) is 26.4. The zero-order valence-corrected chi connectivity index (χ0v) is 21.0. The molecule has 2 aromatic carbocycles. The van der Waals surface area contributed by atoms with Crippen molar-refractivity contribution in [1.82, 2.24) is 10.6 Å². The van der Waals surface area contributed by atoms with E-state index in [1.807, 2.05) is 51.1 Å². The Labute approximate surface area is 211 Å². The molecule has 4 N–H and O–H groups in total. The first-order valence-electron chi connectivity index (χ1n) is 12.2. The Morgan fingerprint density at radius 2 is 1.64 bits per heavy atom. The standard InChI is InChI=1S/C27H34N4O5/c1-5-17(4)22(26(34)35)30-24(32)20(15-18-11-7-6-8-12-18)29-27(36)31-21-14-10-9-13-19(21)28-25(33)23(31)16(2)3/h6-14,16-17,20,22-23H,5,15H2,1-4H3,(H,28,33)(H,29,36)(H,30,32)(H,34,35)/t17-,20+,22-,23-/m0/s1. The minimum Gasteiger partial charge on any atom is -0.480 e. The molecule has 1 aliphatic heterocycles. The molecule has 9 nitrogen and oxygen atoms in total. The van der Waals surface area contributed by atoms with Crippen molar-refractivity contribution < 1.29 is 24.3 Å². The van der Waals surface area contributed by atoms with Crippen molar-refractivity contribution in [2.75, 3.05) is 10.2 Å². The second kappa shape index (κ2) is 11.7. The molecule has 0 fully saturated rings. The van der Waals surface area contributed by atoms with Gasteiger partial charge in [0.05, 0.1) is 11.4 Å². The van der Waals surface area contributed by atoms with Crippen molar-refractivity contribution in [3.05, 3.63) is 60.2 Å². The predicted molar refractivity (Wildman–Crippen MR) is 138 cm³/mol. The number of urea groups is 1. The second-order valence-electron chi connectivity index (χ2n) is 9.47. The fraction of sp³-hybridized carbons (Fsp3) is 0.407. The molecule has 0 aliphatic carbocycles. The number of anilines is 2. The highest BCUT2D eigenvalue weighted by molar-refractivity contribution is 6.12. The van der Waals surface area contributed by atoms with E-state index in [1.54, 1.807) is 31.2 Å². The fourth-order valence-corrected chi connectivity index (χ4v) is 4.31. The van der Waals surface area contributed by atoms with Gasteiger partial charge in [-0.2, -0.15) is 0 Å². The summed E-state index contributed by atoms with van der Waals surface area (Å²) in [7, 11) is 0. The average molecular weight is 495 g/mol. The molecule has 1 aliphatic rings. The van der Waals surface area contributed by atoms with Gasteiger partial charge in [-0.25, -0.2) is 9.59 Å². The van der Waals surface area contributed by atoms with Gasteiger partial charge < -0.3 is 21.1 Å². The second-order valence-corrected chi connectivity index (χ2v) is 9.47. The van der Waals surface area contributed by atoms with Crippen LogP contribution in [0.15, 0.2) is 54.6 Å². The molecular formula is C27H34N4O5. The van der Waals surface area contributed by atoms with Crippen LogP contribution in [-0.2, 0) is 20.8 Å². The highest BCUT2D eigenvalue weighted by Gasteiger charge is 2.40. The van der Waals surface area contributed by atoms with Gasteiger partial charge in [-0.3, -0.25) is 14.5 Å². The van der Waals surface area contributed by atoms with Crippen molar-refractivity contribution in [3.8, 4) is 0 Å². The number of hydrogen-bond acceptors (Lipinski definition) is 4. The molecule has 0 unspecified atom stereocenters. The fourth-order valence-electron chi connectivity index (χ4n) is 4.31. The van der Waals surface area contributed by atoms with E-state index in [0.29, 0.717) is 17.8 Å². The molecular weight excluding hydrogens is 460 g/mol. The Morgan fingerprint density at radius 3 is 2.25 bits per heavy atom. The number of rotatable bonds is 9. The average Bonchev–Trinajstić information content (AvgIpc) is 2.85. The third kappa shape index (κ3) is 6.02. The van der Waals surface area contributed by atoms with E-state index in [1.165, 1.54) is 4.90 Å². The van der Waals surface area contributed by atoms with E-state index in [0.717, 1.165) is 5.56 Å². The Morgan fingerprint density at radius 1 is 1.00 bits per heavy atom. The van der Waals surface area contributed by atoms with Crippen LogP contribution in [0.4, 0.5) is 16.2 Å². The number of carboxylic acids is 1. The van der Waals surface area contributed by atoms with Crippen LogP contribution in [0.5, 0.6) is 0 Å². The number of fused-ring (bicyclic) bond motifs is 1. The minimum absolute atomic E-state index is 0.152. The summed E-state index contributed by atoms with van der Waals surface area (Å²) in [4.78, 5) is 53.1. The summed E-state index contributed by atoms with van der Waals surface area (Å²) in [5.41, 5.74) is 1.82. The number of nitrogens with one attached hydrogen (secondary N) is 3. The molecule has 0 spiro atoms. The van der Waals surface area contributed by atoms with E-state index < -0.39 is 36.0 Å². The lowest BCUT2D eigenvalue weighted by molar-refractivity contribution is -0.143. The molecule has 0 saturated heterocycles. The molecule has 0 saturated carbocycles. The number of benzene rings is 2. The lowest BCUT2D eigenvalue weighted by Crippen LogP contribution is -2.61. The summed E-state index contributed by atoms with van der Waals surface area (Å²) in [6, 6.07) is 12.6. The van der Waals surface area contributed by atoms with Crippen molar-refractivity contribution in [3.63, 3.8) is 0 Å². The van der Waals surface area contributed by atoms with Crippen LogP contribution in [0, 0.1) is 11.8 Å². The quantitative estimate of drug-likeness (QED) is 0.425. The molecule has 4 amide bonds. The van der Waals surface area contributed by atoms with E-state index in [4.69, 9.17) is 0 Å². The molecule has 4 atom stereocenters. The number of aliphatic carboxylic acids is 1. The van der Waals surface area contributed by atoms with Gasteiger partial charge in [0.15, 0.2) is 0 Å². The summed E-state index contributed by atoms with van der Waals surface area (Å²) in [5.74, 6) is -2.56. The minimum atomic E-state index is -1.14.